The normalized spacial score (nSPS) is 12.6. The molecule has 1 aromatic rings. The van der Waals surface area contributed by atoms with Crippen molar-refractivity contribution < 1.29 is 16.9 Å². The molecule has 0 bridgehead atoms. The van der Waals surface area contributed by atoms with Crippen molar-refractivity contribution in [3.05, 3.63) is 35.9 Å². The lowest BCUT2D eigenvalue weighted by molar-refractivity contribution is -0.928. The van der Waals surface area contributed by atoms with Crippen LogP contribution in [0.4, 0.5) is 0 Å². The number of halogens is 1. The summed E-state index contributed by atoms with van der Waals surface area (Å²) in [7, 11) is 4.84. The Labute approximate surface area is 189 Å². The maximum Gasteiger partial charge on any atom is 0.104 e. The fourth-order valence-corrected chi connectivity index (χ4v) is 4.63. The Kier molecular flexibility index (Phi) is 17.9. The molecule has 0 aromatic heterocycles. The van der Waals surface area contributed by atoms with Crippen LogP contribution >= 0.6 is 0 Å². The monoisotopic (exact) mass is 423 g/mol. The van der Waals surface area contributed by atoms with Crippen molar-refractivity contribution >= 4 is 0 Å². The Morgan fingerprint density at radius 3 is 1.55 bits per heavy atom. The van der Waals surface area contributed by atoms with Gasteiger partial charge in [0, 0.05) is 5.56 Å². The lowest BCUT2D eigenvalue weighted by Gasteiger charge is -2.38. The number of unbranched alkanes of at least 4 members (excludes halogenated alkanes) is 12. The summed E-state index contributed by atoms with van der Waals surface area (Å²) in [6, 6.07) is 11.8. The molecular weight excluding hydrogens is 374 g/mol. The van der Waals surface area contributed by atoms with E-state index < -0.39 is 0 Å². The van der Waals surface area contributed by atoms with Crippen LogP contribution in [0.5, 0.6) is 0 Å². The van der Waals surface area contributed by atoms with Crippen molar-refractivity contribution in [2.75, 3.05) is 14.1 Å². The molecule has 0 saturated carbocycles. The molecule has 29 heavy (non-hydrogen) atoms. The van der Waals surface area contributed by atoms with Gasteiger partial charge in [0.15, 0.2) is 0 Å². The maximum atomic E-state index is 2.42. The summed E-state index contributed by atoms with van der Waals surface area (Å²) in [6.07, 6.45) is 21.5. The molecule has 1 nitrogen and oxygen atoms in total. The average molecular weight is 424 g/mol. The van der Waals surface area contributed by atoms with Gasteiger partial charge in [-0.25, -0.2) is 0 Å². The van der Waals surface area contributed by atoms with E-state index >= 15 is 0 Å². The summed E-state index contributed by atoms with van der Waals surface area (Å²) in [6.45, 7) is 5.82. The molecule has 2 heteroatoms. The molecule has 0 spiro atoms. The Hall–Kier alpha value is -0.530. The molecule has 1 rings (SSSR count). The van der Waals surface area contributed by atoms with Gasteiger partial charge in [0.2, 0.25) is 0 Å². The summed E-state index contributed by atoms with van der Waals surface area (Å²) in [5, 5.41) is 0. The zero-order valence-electron chi connectivity index (χ0n) is 20.1. The van der Waals surface area contributed by atoms with Gasteiger partial charge in [-0.2, -0.15) is 0 Å². The molecule has 0 radical (unpaired) electrons. The molecule has 0 saturated heterocycles. The molecule has 0 amide bonds. The minimum absolute atomic E-state index is 0. The third-order valence-corrected chi connectivity index (χ3v) is 6.53. The van der Waals surface area contributed by atoms with Crippen LogP contribution in [0, 0.1) is 0 Å². The first-order chi connectivity index (χ1) is 13.6. The molecule has 0 aliphatic carbocycles. The molecule has 170 valence electrons. The third-order valence-electron chi connectivity index (χ3n) is 6.53. The highest BCUT2D eigenvalue weighted by molar-refractivity contribution is 5.13. The minimum atomic E-state index is 0. The van der Waals surface area contributed by atoms with Crippen molar-refractivity contribution in [2.24, 2.45) is 0 Å². The third kappa shape index (κ3) is 14.2. The Morgan fingerprint density at radius 1 is 0.655 bits per heavy atom. The maximum absolute atomic E-state index is 2.42. The SMILES string of the molecule is CCCCCCCCCCCCCCCC(CC)[N+](C)(C)Cc1ccccc1.[Cl-]. The topological polar surface area (TPSA) is 0 Å². The second-order valence-electron chi connectivity index (χ2n) is 9.52. The number of quaternary nitrogens is 1. The predicted octanol–water partition coefficient (Wildman–Crippen LogP) is 5.53. The van der Waals surface area contributed by atoms with Crippen LogP contribution in [0.15, 0.2) is 30.3 Å². The second kappa shape index (κ2) is 18.3. The number of rotatable bonds is 18. The van der Waals surface area contributed by atoms with Crippen molar-refractivity contribution in [2.45, 2.75) is 123 Å². The molecule has 1 aromatic carbocycles. The van der Waals surface area contributed by atoms with E-state index in [1.54, 1.807) is 0 Å². The zero-order valence-corrected chi connectivity index (χ0v) is 20.9. The van der Waals surface area contributed by atoms with Gasteiger partial charge in [0.1, 0.15) is 6.54 Å². The smallest absolute Gasteiger partial charge is 0.104 e. The molecule has 0 N–H and O–H groups in total. The van der Waals surface area contributed by atoms with E-state index in [9.17, 15) is 0 Å². The first-order valence-electron chi connectivity index (χ1n) is 12.5. The molecule has 0 aliphatic heterocycles. The number of hydrogen-bond donors (Lipinski definition) is 0. The fraction of sp³-hybridized carbons (Fsp3) is 0.778. The van der Waals surface area contributed by atoms with E-state index in [1.165, 1.54) is 102 Å². The largest absolute Gasteiger partial charge is 1.00 e. The molecule has 0 aliphatic rings. The minimum Gasteiger partial charge on any atom is -1.00 e. The Morgan fingerprint density at radius 2 is 1.10 bits per heavy atom. The first kappa shape index (κ1) is 28.5. The molecule has 1 unspecified atom stereocenters. The van der Waals surface area contributed by atoms with Crippen LogP contribution in [0.25, 0.3) is 0 Å². The fourth-order valence-electron chi connectivity index (χ4n) is 4.63. The standard InChI is InChI=1S/C27H50N.ClH/c1-5-7-8-9-10-11-12-13-14-15-16-17-21-24-27(6-2)28(3,4)25-26-22-19-18-20-23-26;/h18-20,22-23,27H,5-17,21,24-25H2,1-4H3;1H/q+1;/p-1. The highest BCUT2D eigenvalue weighted by atomic mass is 35.5. The van der Waals surface area contributed by atoms with Gasteiger partial charge in [0.25, 0.3) is 0 Å². The lowest BCUT2D eigenvalue weighted by atomic mass is 10.00. The quantitative estimate of drug-likeness (QED) is 0.215. The van der Waals surface area contributed by atoms with Crippen LogP contribution in [-0.4, -0.2) is 24.6 Å². The summed E-state index contributed by atoms with van der Waals surface area (Å²) in [5.74, 6) is 0. The second-order valence-corrected chi connectivity index (χ2v) is 9.52. The van der Waals surface area contributed by atoms with Crippen molar-refractivity contribution in [1.82, 2.24) is 0 Å². The van der Waals surface area contributed by atoms with Crippen molar-refractivity contribution in [1.29, 1.82) is 0 Å². The predicted molar refractivity (Wildman–Crippen MR) is 127 cm³/mol. The highest BCUT2D eigenvalue weighted by Crippen LogP contribution is 2.22. The van der Waals surface area contributed by atoms with Crippen molar-refractivity contribution in [3.8, 4) is 0 Å². The molecular formula is C27H50ClN. The molecule has 0 heterocycles. The van der Waals surface area contributed by atoms with Gasteiger partial charge in [-0.15, -0.1) is 0 Å². The van der Waals surface area contributed by atoms with E-state index in [0.29, 0.717) is 0 Å². The average Bonchev–Trinajstić information content (AvgIpc) is 2.68. The van der Waals surface area contributed by atoms with Crippen molar-refractivity contribution in [3.63, 3.8) is 0 Å². The van der Waals surface area contributed by atoms with Gasteiger partial charge in [-0.1, -0.05) is 121 Å². The number of hydrogen-bond acceptors (Lipinski definition) is 0. The van der Waals surface area contributed by atoms with Crippen LogP contribution in [0.1, 0.15) is 116 Å². The van der Waals surface area contributed by atoms with E-state index in [4.69, 9.17) is 0 Å². The van der Waals surface area contributed by atoms with Gasteiger partial charge in [0.05, 0.1) is 20.1 Å². The van der Waals surface area contributed by atoms with Crippen LogP contribution < -0.4 is 12.4 Å². The van der Waals surface area contributed by atoms with Gasteiger partial charge in [-0.05, 0) is 19.3 Å². The van der Waals surface area contributed by atoms with Gasteiger partial charge < -0.3 is 16.9 Å². The van der Waals surface area contributed by atoms with Gasteiger partial charge >= 0.3 is 0 Å². The molecule has 0 fully saturated rings. The molecule has 1 atom stereocenters. The van der Waals surface area contributed by atoms with E-state index in [-0.39, 0.29) is 12.4 Å². The summed E-state index contributed by atoms with van der Waals surface area (Å²) >= 11 is 0. The first-order valence-corrected chi connectivity index (χ1v) is 12.5. The van der Waals surface area contributed by atoms with E-state index in [0.717, 1.165) is 17.1 Å². The van der Waals surface area contributed by atoms with E-state index in [1.807, 2.05) is 0 Å². The number of benzene rings is 1. The van der Waals surface area contributed by atoms with Crippen LogP contribution in [0.3, 0.4) is 0 Å². The summed E-state index contributed by atoms with van der Waals surface area (Å²) in [4.78, 5) is 0. The highest BCUT2D eigenvalue weighted by Gasteiger charge is 2.26. The Bertz CT molecular complexity index is 457. The Balaban J connectivity index is 0.00000784. The van der Waals surface area contributed by atoms with Gasteiger partial charge in [-0.3, -0.25) is 0 Å². The zero-order chi connectivity index (χ0) is 20.5. The lowest BCUT2D eigenvalue weighted by Crippen LogP contribution is -3.00. The van der Waals surface area contributed by atoms with Crippen LogP contribution in [-0.2, 0) is 6.54 Å². The van der Waals surface area contributed by atoms with E-state index in [2.05, 4.69) is 58.3 Å². The summed E-state index contributed by atoms with van der Waals surface area (Å²) in [5.41, 5.74) is 1.47. The number of nitrogens with zero attached hydrogens (tertiary/aromatic N) is 1. The summed E-state index contributed by atoms with van der Waals surface area (Å²) < 4.78 is 1.12. The van der Waals surface area contributed by atoms with Crippen LogP contribution in [0.2, 0.25) is 0 Å².